The van der Waals surface area contributed by atoms with Crippen LogP contribution in [0.4, 0.5) is 0 Å². The van der Waals surface area contributed by atoms with Crippen molar-refractivity contribution in [1.29, 1.82) is 0 Å². The van der Waals surface area contributed by atoms with Crippen molar-refractivity contribution in [3.8, 4) is 0 Å². The Bertz CT molecular complexity index is 219. The second-order valence-corrected chi connectivity index (χ2v) is 5.26. The molecule has 0 spiro atoms. The summed E-state index contributed by atoms with van der Waals surface area (Å²) < 4.78 is 5.94. The largest absolute Gasteiger partial charge is 0.374 e. The van der Waals surface area contributed by atoms with Crippen molar-refractivity contribution in [1.82, 2.24) is 0 Å². The Kier molecular flexibility index (Phi) is 3.27. The molecule has 80 valence electrons. The topological polar surface area (TPSA) is 9.23 Å². The molecule has 0 aromatic heterocycles. The molecule has 1 saturated carbocycles. The molecule has 2 aliphatic rings. The molecule has 0 aromatic carbocycles. The summed E-state index contributed by atoms with van der Waals surface area (Å²) in [6.07, 6.45) is 9.39. The van der Waals surface area contributed by atoms with Crippen LogP contribution in [0.1, 0.15) is 46.0 Å². The normalized spacial score (nSPS) is 37.6. The molecule has 3 atom stereocenters. The molecular weight excluding hydrogens is 172 g/mol. The molecular formula is C13H22O. The molecule has 1 heteroatoms. The molecule has 2 aliphatic carbocycles. The van der Waals surface area contributed by atoms with Crippen LogP contribution in [0.2, 0.25) is 0 Å². The van der Waals surface area contributed by atoms with Crippen LogP contribution in [0.15, 0.2) is 11.6 Å². The van der Waals surface area contributed by atoms with E-state index in [9.17, 15) is 0 Å². The smallest absolute Gasteiger partial charge is 0.0680 e. The van der Waals surface area contributed by atoms with Gasteiger partial charge in [0.15, 0.2) is 0 Å². The fraction of sp³-hybridized carbons (Fsp3) is 0.846. The summed E-state index contributed by atoms with van der Waals surface area (Å²) in [6.45, 7) is 5.56. The number of hydrogen-bond acceptors (Lipinski definition) is 1. The minimum Gasteiger partial charge on any atom is -0.374 e. The third kappa shape index (κ3) is 2.60. The van der Waals surface area contributed by atoms with Gasteiger partial charge in [-0.2, -0.15) is 0 Å². The summed E-state index contributed by atoms with van der Waals surface area (Å²) in [5.74, 6) is 1.74. The third-order valence-corrected chi connectivity index (χ3v) is 3.57. The van der Waals surface area contributed by atoms with E-state index in [0.717, 1.165) is 18.4 Å². The first-order chi connectivity index (χ1) is 6.74. The van der Waals surface area contributed by atoms with Crippen LogP contribution in [0.25, 0.3) is 0 Å². The summed E-state index contributed by atoms with van der Waals surface area (Å²) in [7, 11) is 0. The van der Waals surface area contributed by atoms with Crippen LogP contribution in [0.5, 0.6) is 0 Å². The van der Waals surface area contributed by atoms with Crippen molar-refractivity contribution in [2.75, 3.05) is 6.61 Å². The van der Waals surface area contributed by atoms with Crippen LogP contribution in [-0.2, 0) is 4.74 Å². The van der Waals surface area contributed by atoms with Crippen LogP contribution in [-0.4, -0.2) is 12.7 Å². The van der Waals surface area contributed by atoms with Crippen molar-refractivity contribution >= 4 is 0 Å². The highest BCUT2D eigenvalue weighted by atomic mass is 16.5. The molecule has 14 heavy (non-hydrogen) atoms. The molecule has 0 amide bonds. The first-order valence-corrected chi connectivity index (χ1v) is 6.03. The zero-order chi connectivity index (χ0) is 9.97. The Balaban J connectivity index is 1.68. The van der Waals surface area contributed by atoms with Gasteiger partial charge in [0, 0.05) is 0 Å². The maximum absolute atomic E-state index is 5.94. The molecule has 0 saturated heterocycles. The fourth-order valence-corrected chi connectivity index (χ4v) is 2.63. The van der Waals surface area contributed by atoms with E-state index in [0.29, 0.717) is 6.10 Å². The first-order valence-electron chi connectivity index (χ1n) is 6.03. The van der Waals surface area contributed by atoms with E-state index < -0.39 is 0 Å². The van der Waals surface area contributed by atoms with Gasteiger partial charge in [0.25, 0.3) is 0 Å². The van der Waals surface area contributed by atoms with Crippen LogP contribution >= 0.6 is 0 Å². The molecule has 0 bridgehead atoms. The van der Waals surface area contributed by atoms with Crippen molar-refractivity contribution in [2.24, 2.45) is 11.8 Å². The van der Waals surface area contributed by atoms with Gasteiger partial charge in [-0.15, -0.1) is 0 Å². The van der Waals surface area contributed by atoms with E-state index in [1.807, 2.05) is 0 Å². The maximum atomic E-state index is 5.94. The Hall–Kier alpha value is -0.300. The summed E-state index contributed by atoms with van der Waals surface area (Å²) >= 11 is 0. The van der Waals surface area contributed by atoms with Crippen molar-refractivity contribution < 1.29 is 4.74 Å². The van der Waals surface area contributed by atoms with Gasteiger partial charge in [-0.1, -0.05) is 19.9 Å². The maximum Gasteiger partial charge on any atom is 0.0680 e. The number of hydrogen-bond donors (Lipinski definition) is 0. The minimum absolute atomic E-state index is 0.557. The van der Waals surface area contributed by atoms with E-state index in [4.69, 9.17) is 4.74 Å². The predicted octanol–water partition coefficient (Wildman–Crippen LogP) is 3.55. The van der Waals surface area contributed by atoms with Gasteiger partial charge in [0.05, 0.1) is 12.7 Å². The fourth-order valence-electron chi connectivity index (χ4n) is 2.63. The molecule has 2 rings (SSSR count). The van der Waals surface area contributed by atoms with Gasteiger partial charge in [-0.05, 0) is 49.5 Å². The van der Waals surface area contributed by atoms with Crippen molar-refractivity contribution in [2.45, 2.75) is 52.1 Å². The van der Waals surface area contributed by atoms with Crippen molar-refractivity contribution in [3.63, 3.8) is 0 Å². The molecule has 0 aliphatic heterocycles. The Morgan fingerprint density at radius 1 is 1.29 bits per heavy atom. The Morgan fingerprint density at radius 2 is 2.14 bits per heavy atom. The number of rotatable bonds is 3. The second kappa shape index (κ2) is 4.48. The van der Waals surface area contributed by atoms with Gasteiger partial charge in [-0.3, -0.25) is 0 Å². The standard InChI is InChI=1S/C13H22O/c1-10-3-5-12(7-10)9-14-13-6-4-11(2)8-13/h5,10-11,13H,3-4,6-9H2,1-2H3. The highest BCUT2D eigenvalue weighted by molar-refractivity contribution is 5.09. The molecule has 0 heterocycles. The average molecular weight is 194 g/mol. The van der Waals surface area contributed by atoms with Gasteiger partial charge >= 0.3 is 0 Å². The first kappa shape index (κ1) is 10.2. The average Bonchev–Trinajstić information content (AvgIpc) is 2.72. The molecule has 0 aromatic rings. The quantitative estimate of drug-likeness (QED) is 0.624. The zero-order valence-electron chi connectivity index (χ0n) is 9.46. The predicted molar refractivity (Wildman–Crippen MR) is 59.2 cm³/mol. The van der Waals surface area contributed by atoms with Crippen LogP contribution in [0.3, 0.4) is 0 Å². The molecule has 0 N–H and O–H groups in total. The summed E-state index contributed by atoms with van der Waals surface area (Å²) in [6, 6.07) is 0. The zero-order valence-corrected chi connectivity index (χ0v) is 9.46. The van der Waals surface area contributed by atoms with Gasteiger partial charge in [0.2, 0.25) is 0 Å². The lowest BCUT2D eigenvalue weighted by Gasteiger charge is -2.12. The molecule has 1 fully saturated rings. The van der Waals surface area contributed by atoms with Gasteiger partial charge < -0.3 is 4.74 Å². The number of ether oxygens (including phenoxy) is 1. The summed E-state index contributed by atoms with van der Waals surface area (Å²) in [4.78, 5) is 0. The summed E-state index contributed by atoms with van der Waals surface area (Å²) in [5.41, 5.74) is 1.54. The monoisotopic (exact) mass is 194 g/mol. The minimum atomic E-state index is 0.557. The van der Waals surface area contributed by atoms with Crippen LogP contribution in [0, 0.1) is 11.8 Å². The molecule has 0 radical (unpaired) electrons. The number of allylic oxidation sites excluding steroid dienone is 1. The van der Waals surface area contributed by atoms with Crippen molar-refractivity contribution in [3.05, 3.63) is 11.6 Å². The lowest BCUT2D eigenvalue weighted by molar-refractivity contribution is 0.0715. The third-order valence-electron chi connectivity index (χ3n) is 3.57. The highest BCUT2D eigenvalue weighted by Crippen LogP contribution is 2.29. The van der Waals surface area contributed by atoms with E-state index in [1.54, 1.807) is 0 Å². The highest BCUT2D eigenvalue weighted by Gasteiger charge is 2.22. The molecule has 1 nitrogen and oxygen atoms in total. The van der Waals surface area contributed by atoms with Crippen LogP contribution < -0.4 is 0 Å². The Morgan fingerprint density at radius 3 is 2.71 bits per heavy atom. The van der Waals surface area contributed by atoms with Gasteiger partial charge in [-0.25, -0.2) is 0 Å². The second-order valence-electron chi connectivity index (χ2n) is 5.26. The SMILES string of the molecule is CC1CC=C(COC2CCC(C)C2)C1. The van der Waals surface area contributed by atoms with Gasteiger partial charge in [0.1, 0.15) is 0 Å². The summed E-state index contributed by atoms with van der Waals surface area (Å²) in [5, 5.41) is 0. The van der Waals surface area contributed by atoms with E-state index in [2.05, 4.69) is 19.9 Å². The van der Waals surface area contributed by atoms with E-state index in [-0.39, 0.29) is 0 Å². The lowest BCUT2D eigenvalue weighted by atomic mass is 10.1. The van der Waals surface area contributed by atoms with E-state index >= 15 is 0 Å². The molecule has 3 unspecified atom stereocenters. The Labute approximate surface area is 87.5 Å². The lowest BCUT2D eigenvalue weighted by Crippen LogP contribution is -2.10. The van der Waals surface area contributed by atoms with E-state index in [1.165, 1.54) is 37.7 Å².